The van der Waals surface area contributed by atoms with Crippen molar-refractivity contribution in [2.75, 3.05) is 17.7 Å². The van der Waals surface area contributed by atoms with E-state index in [-0.39, 0.29) is 11.4 Å². The Morgan fingerprint density at radius 2 is 1.69 bits per heavy atom. The number of allylic oxidation sites excluding steroid dienone is 1. The molecule has 6 nitrogen and oxygen atoms in total. The van der Waals surface area contributed by atoms with Gasteiger partial charge < -0.3 is 20.4 Å². The van der Waals surface area contributed by atoms with Gasteiger partial charge in [0.1, 0.15) is 11.6 Å². The number of anilines is 2. The fourth-order valence-electron chi connectivity index (χ4n) is 2.82. The van der Waals surface area contributed by atoms with E-state index in [1.54, 1.807) is 7.05 Å². The number of para-hydroxylation sites is 1. The van der Waals surface area contributed by atoms with Crippen molar-refractivity contribution >= 4 is 29.9 Å². The molecular formula is C24H22F6N4O2. The first-order valence-corrected chi connectivity index (χ1v) is 10.2. The number of imidazole rings is 1. The van der Waals surface area contributed by atoms with E-state index >= 15 is 0 Å². The summed E-state index contributed by atoms with van der Waals surface area (Å²) in [5.41, 5.74) is 1.96. The average Bonchev–Trinajstić information content (AvgIpc) is 3.22. The zero-order chi connectivity index (χ0) is 26.9. The number of hydrogen-bond donors (Lipinski definition) is 3. The highest BCUT2D eigenvalue weighted by Crippen LogP contribution is 2.30. The molecule has 0 aliphatic carbocycles. The second kappa shape index (κ2) is 12.0. The lowest BCUT2D eigenvalue weighted by atomic mass is 10.1. The molecule has 0 radical (unpaired) electrons. The number of aromatic nitrogens is 2. The van der Waals surface area contributed by atoms with Crippen LogP contribution in [0.25, 0.3) is 23.5 Å². The molecule has 1 heterocycles. The van der Waals surface area contributed by atoms with Crippen LogP contribution in [-0.4, -0.2) is 36.0 Å². The van der Waals surface area contributed by atoms with Gasteiger partial charge in [-0.2, -0.15) is 13.2 Å². The minimum absolute atomic E-state index is 0.283. The number of alkyl halides is 6. The summed E-state index contributed by atoms with van der Waals surface area (Å²) in [6, 6.07) is 12.2. The molecule has 0 aliphatic rings. The Balaban J connectivity index is 0.000000281. The highest BCUT2D eigenvalue weighted by Gasteiger charge is 2.31. The fraction of sp³-hybridized carbons (Fsp3) is 0.167. The van der Waals surface area contributed by atoms with Gasteiger partial charge in [-0.05, 0) is 55.5 Å². The third kappa shape index (κ3) is 8.22. The normalized spacial score (nSPS) is 11.7. The van der Waals surface area contributed by atoms with Crippen LogP contribution in [0.4, 0.5) is 37.7 Å². The average molecular weight is 512 g/mol. The summed E-state index contributed by atoms with van der Waals surface area (Å²) in [5, 5.41) is 5.30. The highest BCUT2D eigenvalue weighted by atomic mass is 19.4. The molecule has 36 heavy (non-hydrogen) atoms. The molecule has 0 saturated heterocycles. The van der Waals surface area contributed by atoms with Crippen LogP contribution in [0.5, 0.6) is 5.75 Å². The lowest BCUT2D eigenvalue weighted by Gasteiger charge is -2.08. The van der Waals surface area contributed by atoms with Crippen molar-refractivity contribution in [3.8, 4) is 17.1 Å². The van der Waals surface area contributed by atoms with Gasteiger partial charge >= 0.3 is 12.5 Å². The third-order valence-electron chi connectivity index (χ3n) is 4.53. The summed E-state index contributed by atoms with van der Waals surface area (Å²) in [5.74, 6) is 0.162. The van der Waals surface area contributed by atoms with Crippen LogP contribution in [0.2, 0.25) is 0 Å². The van der Waals surface area contributed by atoms with Gasteiger partial charge in [0.05, 0.1) is 11.4 Å². The Bertz CT molecular complexity index is 1200. The van der Waals surface area contributed by atoms with Crippen LogP contribution in [0.15, 0.2) is 60.7 Å². The van der Waals surface area contributed by atoms with Gasteiger partial charge in [-0.25, -0.2) is 4.98 Å². The first-order valence-electron chi connectivity index (χ1n) is 10.2. The maximum Gasteiger partial charge on any atom is 0.573 e. The third-order valence-corrected chi connectivity index (χ3v) is 4.53. The van der Waals surface area contributed by atoms with Crippen molar-refractivity contribution in [2.45, 2.75) is 19.5 Å². The molecule has 1 aromatic heterocycles. The molecule has 0 spiro atoms. The molecule has 0 bridgehead atoms. The topological polar surface area (TPSA) is 79.0 Å². The lowest BCUT2D eigenvalue weighted by molar-refractivity contribution is -0.274. The van der Waals surface area contributed by atoms with Gasteiger partial charge in [-0.3, -0.25) is 4.79 Å². The zero-order valence-corrected chi connectivity index (χ0v) is 19.1. The molecule has 12 heteroatoms. The molecule has 0 fully saturated rings. The van der Waals surface area contributed by atoms with E-state index in [1.807, 2.05) is 24.3 Å². The number of amides is 1. The van der Waals surface area contributed by atoms with E-state index in [9.17, 15) is 31.1 Å². The zero-order valence-electron chi connectivity index (χ0n) is 19.1. The smallest absolute Gasteiger partial charge is 0.406 e. The van der Waals surface area contributed by atoms with Gasteiger partial charge in [0, 0.05) is 29.6 Å². The van der Waals surface area contributed by atoms with Crippen LogP contribution in [0.1, 0.15) is 18.3 Å². The van der Waals surface area contributed by atoms with Crippen molar-refractivity contribution in [1.29, 1.82) is 0 Å². The Morgan fingerprint density at radius 3 is 2.22 bits per heavy atom. The molecule has 3 aromatic rings. The predicted octanol–water partition coefficient (Wildman–Crippen LogP) is 6.88. The lowest BCUT2D eigenvalue weighted by Crippen LogP contribution is -2.17. The van der Waals surface area contributed by atoms with E-state index < -0.39 is 18.1 Å². The van der Waals surface area contributed by atoms with Crippen LogP contribution in [0.3, 0.4) is 0 Å². The molecule has 1 amide bonds. The minimum Gasteiger partial charge on any atom is -0.406 e. The Hall–Kier alpha value is -4.22. The first kappa shape index (κ1) is 28.0. The Morgan fingerprint density at radius 1 is 1.06 bits per heavy atom. The van der Waals surface area contributed by atoms with Gasteiger partial charge in [-0.15, -0.1) is 13.2 Å². The molecule has 0 saturated carbocycles. The van der Waals surface area contributed by atoms with E-state index in [1.165, 1.54) is 18.2 Å². The number of nitrogens with zero attached hydrogens (tertiary/aromatic N) is 1. The van der Waals surface area contributed by atoms with Gasteiger partial charge in [-0.1, -0.05) is 18.7 Å². The van der Waals surface area contributed by atoms with E-state index in [2.05, 4.69) is 31.9 Å². The summed E-state index contributed by atoms with van der Waals surface area (Å²) in [6.45, 7) is 4.62. The molecule has 0 unspecified atom stereocenters. The second-order valence-electron chi connectivity index (χ2n) is 7.04. The Kier molecular flexibility index (Phi) is 9.31. The van der Waals surface area contributed by atoms with Crippen LogP contribution >= 0.6 is 0 Å². The molecule has 0 atom stereocenters. The molecular weight excluding hydrogens is 490 g/mol. The quantitative estimate of drug-likeness (QED) is 0.238. The van der Waals surface area contributed by atoms with Crippen molar-refractivity contribution < 1.29 is 35.9 Å². The predicted molar refractivity (Wildman–Crippen MR) is 126 cm³/mol. The molecule has 0 aliphatic heterocycles. The van der Waals surface area contributed by atoms with Crippen molar-refractivity contribution in [2.24, 2.45) is 0 Å². The summed E-state index contributed by atoms with van der Waals surface area (Å²) in [6.07, 6.45) is -6.17. The summed E-state index contributed by atoms with van der Waals surface area (Å²) in [7, 11) is 1.77. The van der Waals surface area contributed by atoms with Crippen molar-refractivity contribution in [1.82, 2.24) is 9.97 Å². The van der Waals surface area contributed by atoms with Crippen molar-refractivity contribution in [3.05, 3.63) is 72.1 Å². The molecule has 192 valence electrons. The number of carbonyl (C=O) groups excluding carboxylic acids is 1. The maximum atomic E-state index is 12.7. The number of halogens is 6. The SMILES string of the molecule is C=Cc1nc(-c2ccccc2NC)[nH]c1/C=C(\C)C(F)(F)F.O=CNc1ccc(OC(F)(F)F)cc1. The van der Waals surface area contributed by atoms with Gasteiger partial charge in [0.25, 0.3) is 0 Å². The van der Waals surface area contributed by atoms with Gasteiger partial charge in [0.2, 0.25) is 6.41 Å². The monoisotopic (exact) mass is 512 g/mol. The number of carbonyl (C=O) groups is 1. The Labute approximate surface area is 202 Å². The number of nitrogens with one attached hydrogen (secondary N) is 3. The van der Waals surface area contributed by atoms with Crippen molar-refractivity contribution in [3.63, 3.8) is 0 Å². The number of ether oxygens (including phenoxy) is 1. The van der Waals surface area contributed by atoms with Crippen LogP contribution < -0.4 is 15.4 Å². The second-order valence-corrected chi connectivity index (χ2v) is 7.04. The van der Waals surface area contributed by atoms with Gasteiger partial charge in [0.15, 0.2) is 0 Å². The standard InChI is InChI=1S/C16H16F3N3.C8H6F3NO2/c1-4-12-14(9-10(2)16(17,18)19)22-15(21-12)11-7-5-6-8-13(11)20-3;9-8(10,11)14-7-3-1-6(2-4-7)12-5-13/h4-9,20H,1H2,2-3H3,(H,21,22);1-5H,(H,12,13)/b10-9+;. The van der Waals surface area contributed by atoms with E-state index in [4.69, 9.17) is 0 Å². The highest BCUT2D eigenvalue weighted by molar-refractivity contribution is 5.76. The van der Waals surface area contributed by atoms with E-state index in [0.29, 0.717) is 23.6 Å². The minimum atomic E-state index is -4.69. The molecule has 2 aromatic carbocycles. The molecule has 3 N–H and O–H groups in total. The summed E-state index contributed by atoms with van der Waals surface area (Å²) < 4.78 is 76.7. The number of aromatic amines is 1. The summed E-state index contributed by atoms with van der Waals surface area (Å²) in [4.78, 5) is 17.2. The van der Waals surface area contributed by atoms with E-state index in [0.717, 1.165) is 36.4 Å². The number of hydrogen-bond acceptors (Lipinski definition) is 4. The fourth-order valence-corrected chi connectivity index (χ4v) is 2.82. The van der Waals surface area contributed by atoms with Crippen LogP contribution in [0, 0.1) is 0 Å². The maximum absolute atomic E-state index is 12.7. The number of benzene rings is 2. The number of H-pyrrole nitrogens is 1. The van der Waals surface area contributed by atoms with Crippen LogP contribution in [-0.2, 0) is 4.79 Å². The first-order chi connectivity index (χ1) is 16.9. The molecule has 3 rings (SSSR count). The largest absolute Gasteiger partial charge is 0.573 e. The number of rotatable bonds is 7. The summed E-state index contributed by atoms with van der Waals surface area (Å²) >= 11 is 0.